The zero-order valence-electron chi connectivity index (χ0n) is 11.9. The van der Waals surface area contributed by atoms with Crippen molar-refractivity contribution in [2.24, 2.45) is 5.41 Å². The van der Waals surface area contributed by atoms with Crippen LogP contribution in [0, 0.1) is 23.7 Å². The predicted molar refractivity (Wildman–Crippen MR) is 73.0 cm³/mol. The fraction of sp³-hybridized carbons (Fsp3) is 0.533. The van der Waals surface area contributed by atoms with Gasteiger partial charge in [0.2, 0.25) is 0 Å². The molecule has 0 saturated carbocycles. The summed E-state index contributed by atoms with van der Waals surface area (Å²) in [6.07, 6.45) is 0. The van der Waals surface area contributed by atoms with Crippen molar-refractivity contribution in [2.75, 3.05) is 34.4 Å². The van der Waals surface area contributed by atoms with Gasteiger partial charge in [-0.15, -0.1) is 0 Å². The number of rotatable bonds is 4. The number of benzene rings is 1. The van der Waals surface area contributed by atoms with Crippen molar-refractivity contribution in [1.29, 1.82) is 5.26 Å². The van der Waals surface area contributed by atoms with E-state index < -0.39 is 5.41 Å². The Morgan fingerprint density at radius 2 is 2.11 bits per heavy atom. The van der Waals surface area contributed by atoms with E-state index in [1.165, 1.54) is 0 Å². The molecule has 1 aromatic rings. The highest BCUT2D eigenvalue weighted by molar-refractivity contribution is 5.39. The average molecular weight is 260 g/mol. The molecule has 1 aliphatic heterocycles. The van der Waals surface area contributed by atoms with Crippen molar-refractivity contribution in [3.63, 3.8) is 0 Å². The first-order valence-corrected chi connectivity index (χ1v) is 6.34. The summed E-state index contributed by atoms with van der Waals surface area (Å²) in [5.41, 5.74) is 1.78. The Balaban J connectivity index is 2.40. The molecule has 0 aliphatic carbocycles. The third-order valence-electron chi connectivity index (χ3n) is 3.72. The van der Waals surface area contributed by atoms with Gasteiger partial charge in [-0.1, -0.05) is 12.1 Å². The van der Waals surface area contributed by atoms with Crippen LogP contribution < -0.4 is 4.74 Å². The first-order valence-electron chi connectivity index (χ1n) is 6.34. The molecule has 1 fully saturated rings. The van der Waals surface area contributed by atoms with Gasteiger partial charge in [-0.3, -0.25) is 0 Å². The van der Waals surface area contributed by atoms with Gasteiger partial charge in [-0.25, -0.2) is 0 Å². The molecule has 1 heterocycles. The number of nitriles is 1. The number of nitrogens with zero attached hydrogens (tertiary/aromatic N) is 2. The molecule has 4 heteroatoms. The summed E-state index contributed by atoms with van der Waals surface area (Å²) in [5.74, 6) is 0.872. The molecule has 0 spiro atoms. The summed E-state index contributed by atoms with van der Waals surface area (Å²) < 4.78 is 10.6. The summed E-state index contributed by atoms with van der Waals surface area (Å²) in [6, 6.07) is 8.58. The van der Waals surface area contributed by atoms with Crippen LogP contribution in [0.3, 0.4) is 0 Å². The number of hydrogen-bond acceptors (Lipinski definition) is 4. The molecule has 2 rings (SSSR count). The maximum absolute atomic E-state index is 9.51. The second kappa shape index (κ2) is 5.20. The van der Waals surface area contributed by atoms with E-state index in [0.717, 1.165) is 16.9 Å². The van der Waals surface area contributed by atoms with E-state index >= 15 is 0 Å². The predicted octanol–water partition coefficient (Wildman–Crippen LogP) is 2.15. The molecule has 0 aromatic heterocycles. The summed E-state index contributed by atoms with van der Waals surface area (Å²) in [5, 5.41) is 9.51. The van der Waals surface area contributed by atoms with Crippen molar-refractivity contribution in [1.82, 2.24) is 4.90 Å². The van der Waals surface area contributed by atoms with Gasteiger partial charge in [0.15, 0.2) is 0 Å². The minimum absolute atomic E-state index is 0.0378. The van der Waals surface area contributed by atoms with Gasteiger partial charge in [-0.05, 0) is 38.2 Å². The second-order valence-electron chi connectivity index (χ2n) is 5.36. The molecule has 1 saturated heterocycles. The number of methoxy groups -OCH3 is 1. The van der Waals surface area contributed by atoms with E-state index in [2.05, 4.69) is 17.0 Å². The Labute approximate surface area is 114 Å². The Morgan fingerprint density at radius 3 is 2.47 bits per heavy atom. The van der Waals surface area contributed by atoms with Crippen LogP contribution in [0.15, 0.2) is 18.2 Å². The minimum atomic E-state index is -0.440. The molecule has 0 amide bonds. The standard InChI is InChI=1S/C15H20N2O2/c1-11-7-12(5-6-13(11)18-4)14(17(2)3)15(8-16)9-19-10-15/h5-7,14H,9-10H2,1-4H3. The van der Waals surface area contributed by atoms with Crippen molar-refractivity contribution in [2.45, 2.75) is 13.0 Å². The fourth-order valence-electron chi connectivity index (χ4n) is 2.79. The summed E-state index contributed by atoms with van der Waals surface area (Å²) >= 11 is 0. The lowest BCUT2D eigenvalue weighted by Gasteiger charge is -2.44. The third kappa shape index (κ3) is 2.32. The van der Waals surface area contributed by atoms with E-state index in [4.69, 9.17) is 9.47 Å². The van der Waals surface area contributed by atoms with Gasteiger partial charge in [-0.2, -0.15) is 5.26 Å². The monoisotopic (exact) mass is 260 g/mol. The molecule has 1 unspecified atom stereocenters. The van der Waals surface area contributed by atoms with Crippen LogP contribution >= 0.6 is 0 Å². The van der Waals surface area contributed by atoms with Gasteiger partial charge in [0.05, 0.1) is 32.4 Å². The summed E-state index contributed by atoms with van der Waals surface area (Å²) in [6.45, 7) is 3.01. The average Bonchev–Trinajstić information content (AvgIpc) is 2.33. The lowest BCUT2D eigenvalue weighted by Crippen LogP contribution is -2.50. The number of aryl methyl sites for hydroxylation is 1. The molecular weight excluding hydrogens is 240 g/mol. The van der Waals surface area contributed by atoms with Crippen LogP contribution in [0.5, 0.6) is 5.75 Å². The third-order valence-corrected chi connectivity index (χ3v) is 3.72. The molecule has 0 N–H and O–H groups in total. The summed E-state index contributed by atoms with van der Waals surface area (Å²) in [7, 11) is 5.67. The Hall–Kier alpha value is -1.57. The van der Waals surface area contributed by atoms with Crippen molar-refractivity contribution >= 4 is 0 Å². The molecular formula is C15H20N2O2. The quantitative estimate of drug-likeness (QED) is 0.832. The SMILES string of the molecule is COc1ccc(C(N(C)C)C2(C#N)COC2)cc1C. The molecule has 1 aliphatic rings. The maximum Gasteiger partial charge on any atom is 0.123 e. The van der Waals surface area contributed by atoms with Gasteiger partial charge in [0.25, 0.3) is 0 Å². The van der Waals surface area contributed by atoms with E-state index in [1.807, 2.05) is 33.2 Å². The van der Waals surface area contributed by atoms with E-state index in [-0.39, 0.29) is 6.04 Å². The van der Waals surface area contributed by atoms with Crippen LogP contribution in [0.4, 0.5) is 0 Å². The molecule has 0 radical (unpaired) electrons. The lowest BCUT2D eigenvalue weighted by atomic mass is 9.75. The van der Waals surface area contributed by atoms with Crippen LogP contribution in [0.2, 0.25) is 0 Å². The lowest BCUT2D eigenvalue weighted by molar-refractivity contribution is -0.115. The molecule has 0 bridgehead atoms. The molecule has 1 aromatic carbocycles. The highest BCUT2D eigenvalue weighted by Crippen LogP contribution is 2.43. The van der Waals surface area contributed by atoms with Gasteiger partial charge >= 0.3 is 0 Å². The van der Waals surface area contributed by atoms with E-state index in [1.54, 1.807) is 7.11 Å². The largest absolute Gasteiger partial charge is 0.496 e. The number of hydrogen-bond donors (Lipinski definition) is 0. The molecule has 1 atom stereocenters. The van der Waals surface area contributed by atoms with Gasteiger partial charge < -0.3 is 14.4 Å². The zero-order valence-corrected chi connectivity index (χ0v) is 11.9. The second-order valence-corrected chi connectivity index (χ2v) is 5.36. The van der Waals surface area contributed by atoms with E-state index in [9.17, 15) is 5.26 Å². The van der Waals surface area contributed by atoms with Gasteiger partial charge in [0.1, 0.15) is 11.2 Å². The van der Waals surface area contributed by atoms with Gasteiger partial charge in [0, 0.05) is 0 Å². The highest BCUT2D eigenvalue weighted by atomic mass is 16.5. The summed E-state index contributed by atoms with van der Waals surface area (Å²) in [4.78, 5) is 2.09. The fourth-order valence-corrected chi connectivity index (χ4v) is 2.79. The van der Waals surface area contributed by atoms with Crippen LogP contribution in [-0.2, 0) is 4.74 Å². The zero-order chi connectivity index (χ0) is 14.0. The Kier molecular flexibility index (Phi) is 3.79. The molecule has 102 valence electrons. The highest BCUT2D eigenvalue weighted by Gasteiger charge is 2.48. The maximum atomic E-state index is 9.51. The van der Waals surface area contributed by atoms with Crippen LogP contribution in [0.1, 0.15) is 17.2 Å². The number of ether oxygens (including phenoxy) is 2. The minimum Gasteiger partial charge on any atom is -0.496 e. The smallest absolute Gasteiger partial charge is 0.123 e. The van der Waals surface area contributed by atoms with E-state index in [0.29, 0.717) is 13.2 Å². The van der Waals surface area contributed by atoms with Crippen molar-refractivity contribution in [3.05, 3.63) is 29.3 Å². The van der Waals surface area contributed by atoms with Crippen LogP contribution in [-0.4, -0.2) is 39.3 Å². The first kappa shape index (κ1) is 13.9. The topological polar surface area (TPSA) is 45.5 Å². The molecule has 19 heavy (non-hydrogen) atoms. The van der Waals surface area contributed by atoms with Crippen LogP contribution in [0.25, 0.3) is 0 Å². The van der Waals surface area contributed by atoms with Crippen molar-refractivity contribution < 1.29 is 9.47 Å². The Morgan fingerprint density at radius 1 is 1.42 bits per heavy atom. The first-order chi connectivity index (χ1) is 9.04. The Bertz CT molecular complexity index is 501. The molecule has 4 nitrogen and oxygen atoms in total. The van der Waals surface area contributed by atoms with Crippen molar-refractivity contribution in [3.8, 4) is 11.8 Å². The normalized spacial score (nSPS) is 18.5.